The van der Waals surface area contributed by atoms with Crippen molar-refractivity contribution in [2.75, 3.05) is 0 Å². The van der Waals surface area contributed by atoms with Crippen molar-refractivity contribution in [1.29, 1.82) is 0 Å². The van der Waals surface area contributed by atoms with Crippen LogP contribution in [0.25, 0.3) is 22.4 Å². The van der Waals surface area contributed by atoms with Crippen molar-refractivity contribution >= 4 is 5.97 Å². The van der Waals surface area contributed by atoms with Crippen LogP contribution < -0.4 is 0 Å². The lowest BCUT2D eigenvalue weighted by molar-refractivity contribution is 0.0698. The first-order chi connectivity index (χ1) is 10.7. The molecule has 0 fully saturated rings. The van der Waals surface area contributed by atoms with Crippen molar-refractivity contribution in [3.05, 3.63) is 78.0 Å². The Labute approximate surface area is 128 Å². The summed E-state index contributed by atoms with van der Waals surface area (Å²) in [5, 5.41) is 9.68. The zero-order valence-corrected chi connectivity index (χ0v) is 12.2. The summed E-state index contributed by atoms with van der Waals surface area (Å²) in [5.74, 6) is -0.970. The zero-order valence-electron chi connectivity index (χ0n) is 12.2. The fourth-order valence-electron chi connectivity index (χ4n) is 2.47. The molecule has 0 aliphatic carbocycles. The summed E-state index contributed by atoms with van der Waals surface area (Å²) in [6.45, 7) is 2.00. The van der Waals surface area contributed by atoms with E-state index in [9.17, 15) is 9.90 Å². The number of hydrogen-bond acceptors (Lipinski definition) is 2. The second-order valence-electron chi connectivity index (χ2n) is 5.12. The van der Waals surface area contributed by atoms with Crippen LogP contribution in [0.2, 0.25) is 0 Å². The molecule has 0 spiro atoms. The van der Waals surface area contributed by atoms with Gasteiger partial charge < -0.3 is 5.11 Å². The van der Waals surface area contributed by atoms with E-state index in [0.29, 0.717) is 11.3 Å². The Kier molecular flexibility index (Phi) is 3.71. The Morgan fingerprint density at radius 3 is 2.23 bits per heavy atom. The third-order valence-corrected chi connectivity index (χ3v) is 3.57. The summed E-state index contributed by atoms with van der Waals surface area (Å²) in [6.07, 6.45) is 1.66. The van der Waals surface area contributed by atoms with Crippen LogP contribution in [-0.2, 0) is 0 Å². The van der Waals surface area contributed by atoms with E-state index in [2.05, 4.69) is 4.98 Å². The fourth-order valence-corrected chi connectivity index (χ4v) is 2.47. The Hall–Kier alpha value is -2.94. The molecule has 3 nitrogen and oxygen atoms in total. The van der Waals surface area contributed by atoms with E-state index in [-0.39, 0.29) is 5.56 Å². The molecule has 0 aliphatic rings. The maximum Gasteiger partial charge on any atom is 0.338 e. The molecule has 1 N–H and O–H groups in total. The summed E-state index contributed by atoms with van der Waals surface area (Å²) in [5.41, 5.74) is 4.22. The van der Waals surface area contributed by atoms with Crippen LogP contribution in [0.5, 0.6) is 0 Å². The maximum absolute atomic E-state index is 11.8. The van der Waals surface area contributed by atoms with Crippen molar-refractivity contribution < 1.29 is 9.90 Å². The second kappa shape index (κ2) is 5.82. The quantitative estimate of drug-likeness (QED) is 0.776. The molecule has 0 saturated carbocycles. The van der Waals surface area contributed by atoms with Crippen LogP contribution in [0.1, 0.15) is 15.9 Å². The molecule has 0 bridgehead atoms. The van der Waals surface area contributed by atoms with Crippen molar-refractivity contribution in [3.8, 4) is 22.4 Å². The molecule has 3 heteroatoms. The lowest BCUT2D eigenvalue weighted by atomic mass is 9.95. The van der Waals surface area contributed by atoms with Crippen LogP contribution in [0, 0.1) is 6.92 Å². The molecule has 3 rings (SSSR count). The van der Waals surface area contributed by atoms with E-state index < -0.39 is 5.97 Å². The number of aromatic nitrogens is 1. The zero-order chi connectivity index (χ0) is 15.5. The molecular weight excluding hydrogens is 274 g/mol. The molecule has 3 aromatic rings. The smallest absolute Gasteiger partial charge is 0.338 e. The Balaban J connectivity index is 2.24. The van der Waals surface area contributed by atoms with E-state index in [1.165, 1.54) is 0 Å². The topological polar surface area (TPSA) is 50.2 Å². The van der Waals surface area contributed by atoms with Crippen molar-refractivity contribution in [2.45, 2.75) is 6.92 Å². The lowest BCUT2D eigenvalue weighted by Gasteiger charge is -2.11. The van der Waals surface area contributed by atoms with E-state index in [0.717, 1.165) is 16.7 Å². The van der Waals surface area contributed by atoms with Gasteiger partial charge in [-0.25, -0.2) is 4.79 Å². The molecule has 1 aromatic heterocycles. The number of aryl methyl sites for hydroxylation is 1. The number of aromatic carboxylic acids is 1. The Morgan fingerprint density at radius 2 is 1.59 bits per heavy atom. The highest BCUT2D eigenvalue weighted by Crippen LogP contribution is 2.30. The minimum Gasteiger partial charge on any atom is -0.478 e. The van der Waals surface area contributed by atoms with Gasteiger partial charge in [-0.15, -0.1) is 0 Å². The summed E-state index contributed by atoms with van der Waals surface area (Å²) >= 11 is 0. The summed E-state index contributed by atoms with van der Waals surface area (Å²) < 4.78 is 0. The molecule has 0 saturated heterocycles. The summed E-state index contributed by atoms with van der Waals surface area (Å²) in [6, 6.07) is 19.0. The number of carboxylic acid groups (broad SMARTS) is 1. The standard InChI is InChI=1S/C19H15NO2/c1-13-7-9-14(10-8-13)16-11-12-20-18(17(16)19(21)22)15-5-3-2-4-6-15/h2-12H,1H3,(H,21,22). The second-order valence-corrected chi connectivity index (χ2v) is 5.12. The largest absolute Gasteiger partial charge is 0.478 e. The highest BCUT2D eigenvalue weighted by Gasteiger charge is 2.18. The van der Waals surface area contributed by atoms with Gasteiger partial charge in [0.15, 0.2) is 0 Å². The highest BCUT2D eigenvalue weighted by molar-refractivity contribution is 6.01. The van der Waals surface area contributed by atoms with Gasteiger partial charge >= 0.3 is 5.97 Å². The Bertz CT molecular complexity index is 809. The third-order valence-electron chi connectivity index (χ3n) is 3.57. The maximum atomic E-state index is 11.8. The molecule has 1 heterocycles. The fraction of sp³-hybridized carbons (Fsp3) is 0.0526. The van der Waals surface area contributed by atoms with Gasteiger partial charge in [0.25, 0.3) is 0 Å². The first kappa shape index (κ1) is 14.0. The minimum absolute atomic E-state index is 0.234. The predicted molar refractivity (Wildman–Crippen MR) is 86.8 cm³/mol. The van der Waals surface area contributed by atoms with Gasteiger partial charge in [0.1, 0.15) is 0 Å². The normalized spacial score (nSPS) is 10.4. The van der Waals surface area contributed by atoms with E-state index in [1.54, 1.807) is 12.3 Å². The summed E-state index contributed by atoms with van der Waals surface area (Å²) in [7, 11) is 0. The van der Waals surface area contributed by atoms with Crippen molar-refractivity contribution in [2.24, 2.45) is 0 Å². The molecule has 108 valence electrons. The molecule has 0 radical (unpaired) electrons. The molecule has 0 aliphatic heterocycles. The van der Waals surface area contributed by atoms with Crippen molar-refractivity contribution in [3.63, 3.8) is 0 Å². The molecule has 0 unspecified atom stereocenters. The number of rotatable bonds is 3. The lowest BCUT2D eigenvalue weighted by Crippen LogP contribution is -2.04. The Morgan fingerprint density at radius 1 is 0.909 bits per heavy atom. The number of nitrogens with zero attached hydrogens (tertiary/aromatic N) is 1. The van der Waals surface area contributed by atoms with Gasteiger partial charge in [-0.2, -0.15) is 0 Å². The first-order valence-electron chi connectivity index (χ1n) is 7.01. The van der Waals surface area contributed by atoms with E-state index in [4.69, 9.17) is 0 Å². The molecule has 22 heavy (non-hydrogen) atoms. The van der Waals surface area contributed by atoms with Crippen LogP contribution in [0.3, 0.4) is 0 Å². The van der Waals surface area contributed by atoms with E-state index >= 15 is 0 Å². The number of benzene rings is 2. The number of hydrogen-bond donors (Lipinski definition) is 1. The van der Waals surface area contributed by atoms with Gasteiger partial charge in [-0.05, 0) is 24.1 Å². The monoisotopic (exact) mass is 289 g/mol. The predicted octanol–water partition coefficient (Wildman–Crippen LogP) is 4.42. The van der Waals surface area contributed by atoms with Gasteiger partial charge in [0, 0.05) is 11.8 Å². The summed E-state index contributed by atoms with van der Waals surface area (Å²) in [4.78, 5) is 16.1. The SMILES string of the molecule is Cc1ccc(-c2ccnc(-c3ccccc3)c2C(=O)O)cc1. The number of carbonyl (C=O) groups is 1. The highest BCUT2D eigenvalue weighted by atomic mass is 16.4. The van der Waals surface area contributed by atoms with Crippen molar-refractivity contribution in [1.82, 2.24) is 4.98 Å². The molecule has 0 atom stereocenters. The van der Waals surface area contributed by atoms with Crippen LogP contribution in [-0.4, -0.2) is 16.1 Å². The first-order valence-corrected chi connectivity index (χ1v) is 7.01. The average Bonchev–Trinajstić information content (AvgIpc) is 2.55. The average molecular weight is 289 g/mol. The van der Waals surface area contributed by atoms with Crippen LogP contribution >= 0.6 is 0 Å². The number of carboxylic acids is 1. The van der Waals surface area contributed by atoms with E-state index in [1.807, 2.05) is 61.5 Å². The number of pyridine rings is 1. The minimum atomic E-state index is -0.970. The molecule has 2 aromatic carbocycles. The van der Waals surface area contributed by atoms with Gasteiger partial charge in [0.05, 0.1) is 11.3 Å². The van der Waals surface area contributed by atoms with Gasteiger partial charge in [-0.1, -0.05) is 60.2 Å². The third kappa shape index (κ3) is 2.61. The van der Waals surface area contributed by atoms with Gasteiger partial charge in [0.2, 0.25) is 0 Å². The molecular formula is C19H15NO2. The van der Waals surface area contributed by atoms with Crippen LogP contribution in [0.4, 0.5) is 0 Å². The molecule has 0 amide bonds. The van der Waals surface area contributed by atoms with Gasteiger partial charge in [-0.3, -0.25) is 4.98 Å². The van der Waals surface area contributed by atoms with Crippen LogP contribution in [0.15, 0.2) is 66.9 Å².